The molecule has 7 heteroatoms. The minimum absolute atomic E-state index is 0.162. The van der Waals surface area contributed by atoms with Gasteiger partial charge in [-0.05, 0) is 55.4 Å². The summed E-state index contributed by atoms with van der Waals surface area (Å²) in [6.45, 7) is 8.14. The number of nitrogens with zero attached hydrogens (tertiary/aromatic N) is 2. The highest BCUT2D eigenvalue weighted by Gasteiger charge is 2.33. The van der Waals surface area contributed by atoms with E-state index in [-0.39, 0.29) is 11.5 Å². The first kappa shape index (κ1) is 24.2. The number of aryl methyl sites for hydroxylation is 1. The SMILES string of the molecule is CSc1ccc([C@H]2C(C(=O)OCC(C)C)=C(C)N=c3s/c(=C/c4ccc(C)cc4)c(=O)n32)cc1. The molecule has 2 heterocycles. The lowest BCUT2D eigenvalue weighted by Crippen LogP contribution is -2.40. The summed E-state index contributed by atoms with van der Waals surface area (Å²) in [7, 11) is 0. The van der Waals surface area contributed by atoms with Crippen molar-refractivity contribution in [2.45, 2.75) is 38.6 Å². The number of thioether (sulfide) groups is 1. The van der Waals surface area contributed by atoms with Gasteiger partial charge in [-0.3, -0.25) is 9.36 Å². The Morgan fingerprint density at radius 3 is 2.44 bits per heavy atom. The van der Waals surface area contributed by atoms with Gasteiger partial charge in [-0.25, -0.2) is 9.79 Å². The Hall–Kier alpha value is -2.90. The van der Waals surface area contributed by atoms with E-state index >= 15 is 0 Å². The van der Waals surface area contributed by atoms with Crippen LogP contribution >= 0.6 is 23.1 Å². The van der Waals surface area contributed by atoms with Crippen LogP contribution in [0, 0.1) is 12.8 Å². The van der Waals surface area contributed by atoms with Gasteiger partial charge in [-0.2, -0.15) is 0 Å². The quantitative estimate of drug-likeness (QED) is 0.376. The van der Waals surface area contributed by atoms with Crippen LogP contribution in [-0.2, 0) is 9.53 Å². The zero-order chi connectivity index (χ0) is 24.4. The van der Waals surface area contributed by atoms with Gasteiger partial charge in [0.2, 0.25) is 0 Å². The molecular weight excluding hydrogens is 464 g/mol. The Labute approximate surface area is 207 Å². The number of thiazole rings is 1. The molecule has 1 aromatic heterocycles. The van der Waals surface area contributed by atoms with E-state index in [1.165, 1.54) is 11.3 Å². The Bertz CT molecular complexity index is 1410. The first-order chi connectivity index (χ1) is 16.3. The van der Waals surface area contributed by atoms with Crippen molar-refractivity contribution < 1.29 is 9.53 Å². The van der Waals surface area contributed by atoms with Crippen LogP contribution in [0.2, 0.25) is 0 Å². The van der Waals surface area contributed by atoms with Crippen molar-refractivity contribution in [3.05, 3.63) is 96.2 Å². The summed E-state index contributed by atoms with van der Waals surface area (Å²) in [6, 6.07) is 15.4. The van der Waals surface area contributed by atoms with E-state index in [0.29, 0.717) is 27.2 Å². The van der Waals surface area contributed by atoms with Crippen LogP contribution < -0.4 is 14.9 Å². The van der Waals surface area contributed by atoms with Gasteiger partial charge in [-0.1, -0.05) is 67.1 Å². The molecule has 1 atom stereocenters. The van der Waals surface area contributed by atoms with Crippen LogP contribution in [0.25, 0.3) is 6.08 Å². The van der Waals surface area contributed by atoms with Crippen LogP contribution in [0.5, 0.6) is 0 Å². The maximum absolute atomic E-state index is 13.6. The lowest BCUT2D eigenvalue weighted by atomic mass is 9.96. The highest BCUT2D eigenvalue weighted by Crippen LogP contribution is 2.31. The summed E-state index contributed by atoms with van der Waals surface area (Å²) < 4.78 is 7.82. The van der Waals surface area contributed by atoms with Crippen LogP contribution in [0.15, 0.2) is 74.5 Å². The molecular formula is C27H28N2O3S2. The van der Waals surface area contributed by atoms with Crippen molar-refractivity contribution in [1.82, 2.24) is 4.57 Å². The number of hydrogen-bond acceptors (Lipinski definition) is 6. The van der Waals surface area contributed by atoms with Crippen LogP contribution in [-0.4, -0.2) is 23.4 Å². The minimum atomic E-state index is -0.591. The van der Waals surface area contributed by atoms with E-state index in [2.05, 4.69) is 4.99 Å². The van der Waals surface area contributed by atoms with E-state index in [4.69, 9.17) is 4.74 Å². The third-order valence-corrected chi connectivity index (χ3v) is 7.32. The highest BCUT2D eigenvalue weighted by molar-refractivity contribution is 7.98. The molecule has 0 spiro atoms. The van der Waals surface area contributed by atoms with Gasteiger partial charge < -0.3 is 4.74 Å². The smallest absolute Gasteiger partial charge is 0.338 e. The number of allylic oxidation sites excluding steroid dienone is 1. The number of esters is 1. The predicted octanol–water partition coefficient (Wildman–Crippen LogP) is 4.46. The summed E-state index contributed by atoms with van der Waals surface area (Å²) in [6.07, 6.45) is 3.90. The van der Waals surface area contributed by atoms with Gasteiger partial charge in [0.1, 0.15) is 0 Å². The Morgan fingerprint density at radius 1 is 1.15 bits per heavy atom. The number of aromatic nitrogens is 1. The minimum Gasteiger partial charge on any atom is -0.462 e. The molecule has 0 amide bonds. The summed E-state index contributed by atoms with van der Waals surface area (Å²) in [5.41, 5.74) is 3.79. The Balaban J connectivity index is 1.89. The molecule has 0 aliphatic carbocycles. The van der Waals surface area contributed by atoms with Crippen molar-refractivity contribution in [2.75, 3.05) is 12.9 Å². The Morgan fingerprint density at radius 2 is 1.82 bits per heavy atom. The molecule has 2 aromatic carbocycles. The number of fused-ring (bicyclic) bond motifs is 1. The van der Waals surface area contributed by atoms with Gasteiger partial charge in [0.25, 0.3) is 5.56 Å². The molecule has 1 aliphatic heterocycles. The number of carbonyl (C=O) groups is 1. The molecule has 0 saturated heterocycles. The fraction of sp³-hybridized carbons (Fsp3) is 0.296. The van der Waals surface area contributed by atoms with Crippen molar-refractivity contribution in [3.8, 4) is 0 Å². The van der Waals surface area contributed by atoms with Gasteiger partial charge in [0.15, 0.2) is 4.80 Å². The summed E-state index contributed by atoms with van der Waals surface area (Å²) >= 11 is 2.99. The predicted molar refractivity (Wildman–Crippen MR) is 139 cm³/mol. The van der Waals surface area contributed by atoms with E-state index in [1.54, 1.807) is 16.3 Å². The fourth-order valence-corrected chi connectivity index (χ4v) is 5.27. The maximum atomic E-state index is 13.6. The molecule has 0 unspecified atom stereocenters. The second-order valence-electron chi connectivity index (χ2n) is 8.76. The second kappa shape index (κ2) is 10.2. The Kier molecular flexibility index (Phi) is 7.24. The number of hydrogen-bond donors (Lipinski definition) is 0. The molecule has 176 valence electrons. The zero-order valence-electron chi connectivity index (χ0n) is 20.0. The standard InChI is InChI=1S/C27H28N2O3S2/c1-16(2)15-32-26(31)23-18(4)28-27-29(24(23)20-10-12-21(33-5)13-11-20)25(30)22(34-27)14-19-8-6-17(3)7-9-19/h6-14,16,24H,15H2,1-5H3/b22-14+/t24-/m0/s1. The summed E-state index contributed by atoms with van der Waals surface area (Å²) in [5, 5.41) is 0. The zero-order valence-corrected chi connectivity index (χ0v) is 21.6. The maximum Gasteiger partial charge on any atom is 0.338 e. The number of ether oxygens (including phenoxy) is 1. The molecule has 5 nitrogen and oxygen atoms in total. The van der Waals surface area contributed by atoms with Crippen molar-refractivity contribution in [2.24, 2.45) is 10.9 Å². The molecule has 0 radical (unpaired) electrons. The fourth-order valence-electron chi connectivity index (χ4n) is 3.82. The van der Waals surface area contributed by atoms with E-state index < -0.39 is 12.0 Å². The molecule has 0 bridgehead atoms. The molecule has 0 N–H and O–H groups in total. The first-order valence-electron chi connectivity index (χ1n) is 11.2. The normalized spacial score (nSPS) is 15.9. The van der Waals surface area contributed by atoms with E-state index in [0.717, 1.165) is 21.6 Å². The number of carbonyl (C=O) groups excluding carboxylic acids is 1. The van der Waals surface area contributed by atoms with Gasteiger partial charge in [0.05, 0.1) is 28.5 Å². The molecule has 34 heavy (non-hydrogen) atoms. The third-order valence-electron chi connectivity index (χ3n) is 5.60. The van der Waals surface area contributed by atoms with Crippen LogP contribution in [0.3, 0.4) is 0 Å². The molecule has 3 aromatic rings. The largest absolute Gasteiger partial charge is 0.462 e. The number of benzene rings is 2. The molecule has 1 aliphatic rings. The second-order valence-corrected chi connectivity index (χ2v) is 10.6. The van der Waals surface area contributed by atoms with Crippen LogP contribution in [0.1, 0.15) is 43.5 Å². The van der Waals surface area contributed by atoms with Crippen molar-refractivity contribution in [3.63, 3.8) is 0 Å². The van der Waals surface area contributed by atoms with Gasteiger partial charge in [0, 0.05) is 4.90 Å². The van der Waals surface area contributed by atoms with Crippen molar-refractivity contribution >= 4 is 35.1 Å². The van der Waals surface area contributed by atoms with Crippen LogP contribution in [0.4, 0.5) is 0 Å². The lowest BCUT2D eigenvalue weighted by molar-refractivity contribution is -0.140. The van der Waals surface area contributed by atoms with Crippen molar-refractivity contribution in [1.29, 1.82) is 0 Å². The number of rotatable bonds is 6. The summed E-state index contributed by atoms with van der Waals surface area (Å²) in [5.74, 6) is -0.221. The average Bonchev–Trinajstić information content (AvgIpc) is 3.12. The third kappa shape index (κ3) is 4.95. The highest BCUT2D eigenvalue weighted by atomic mass is 32.2. The molecule has 0 saturated carbocycles. The average molecular weight is 493 g/mol. The molecule has 4 rings (SSSR count). The monoisotopic (exact) mass is 492 g/mol. The van der Waals surface area contributed by atoms with E-state index in [1.807, 2.05) is 88.6 Å². The summed E-state index contributed by atoms with van der Waals surface area (Å²) in [4.78, 5) is 33.2. The van der Waals surface area contributed by atoms with Gasteiger partial charge in [-0.15, -0.1) is 11.8 Å². The van der Waals surface area contributed by atoms with E-state index in [9.17, 15) is 9.59 Å². The first-order valence-corrected chi connectivity index (χ1v) is 13.2. The molecule has 0 fully saturated rings. The lowest BCUT2D eigenvalue weighted by Gasteiger charge is -2.25. The van der Waals surface area contributed by atoms with Gasteiger partial charge >= 0.3 is 5.97 Å². The topological polar surface area (TPSA) is 60.7 Å².